The van der Waals surface area contributed by atoms with E-state index in [9.17, 15) is 9.18 Å². The minimum absolute atomic E-state index is 0.0173. The largest absolute Gasteiger partial charge is 0.493 e. The van der Waals surface area contributed by atoms with E-state index >= 15 is 0 Å². The summed E-state index contributed by atoms with van der Waals surface area (Å²) in [5.74, 6) is -1.77. The monoisotopic (exact) mass is 396 g/mol. The molecule has 1 aliphatic rings. The number of carbonyl (C=O) groups is 1. The topological polar surface area (TPSA) is 55.8 Å². The molecule has 0 atom stereocenters. The number of rotatable bonds is 6. The van der Waals surface area contributed by atoms with Crippen molar-refractivity contribution in [3.63, 3.8) is 0 Å². The fourth-order valence-electron chi connectivity index (χ4n) is 3.35. The predicted molar refractivity (Wildman–Crippen MR) is 112 cm³/mol. The van der Waals surface area contributed by atoms with E-state index in [1.807, 2.05) is 57.2 Å². The summed E-state index contributed by atoms with van der Waals surface area (Å²) in [6.07, 6.45) is 2.79. The van der Waals surface area contributed by atoms with Crippen molar-refractivity contribution in [3.8, 4) is 11.5 Å². The molecule has 0 amide bonds. The second-order valence-electron chi connectivity index (χ2n) is 7.57. The SMILES string of the molecule is CCCOc1cc2c(cc1C(C)=C(F)C(=O)O)C(c1ccccc1)=CC(C)(C)O2. The Kier molecular flexibility index (Phi) is 5.78. The zero-order valence-corrected chi connectivity index (χ0v) is 17.1. The summed E-state index contributed by atoms with van der Waals surface area (Å²) in [6.45, 7) is 7.78. The highest BCUT2D eigenvalue weighted by Crippen LogP contribution is 2.44. The van der Waals surface area contributed by atoms with Crippen molar-refractivity contribution < 1.29 is 23.8 Å². The third kappa shape index (κ3) is 4.34. The lowest BCUT2D eigenvalue weighted by Crippen LogP contribution is -2.29. The van der Waals surface area contributed by atoms with E-state index < -0.39 is 17.4 Å². The molecule has 0 aromatic heterocycles. The van der Waals surface area contributed by atoms with E-state index in [-0.39, 0.29) is 5.57 Å². The maximum atomic E-state index is 14.3. The molecule has 0 unspecified atom stereocenters. The summed E-state index contributed by atoms with van der Waals surface area (Å²) >= 11 is 0. The molecule has 0 spiro atoms. The lowest BCUT2D eigenvalue weighted by molar-refractivity contribution is -0.134. The highest BCUT2D eigenvalue weighted by atomic mass is 19.1. The molecule has 2 aromatic carbocycles. The molecule has 5 heteroatoms. The third-order valence-corrected chi connectivity index (χ3v) is 4.70. The molecule has 0 bridgehead atoms. The average Bonchev–Trinajstić information content (AvgIpc) is 2.69. The summed E-state index contributed by atoms with van der Waals surface area (Å²) in [4.78, 5) is 11.2. The van der Waals surface area contributed by atoms with Gasteiger partial charge in [0.1, 0.15) is 17.1 Å². The molecule has 0 saturated carbocycles. The second kappa shape index (κ2) is 8.11. The van der Waals surface area contributed by atoms with Crippen LogP contribution in [0.15, 0.2) is 54.4 Å². The van der Waals surface area contributed by atoms with E-state index in [1.54, 1.807) is 12.1 Å². The molecule has 0 saturated heterocycles. The van der Waals surface area contributed by atoms with Crippen LogP contribution >= 0.6 is 0 Å². The van der Waals surface area contributed by atoms with Crippen LogP contribution in [0, 0.1) is 0 Å². The number of fused-ring (bicyclic) bond motifs is 1. The number of halogens is 1. The molecule has 3 rings (SSSR count). The Morgan fingerprint density at radius 2 is 1.90 bits per heavy atom. The van der Waals surface area contributed by atoms with Gasteiger partial charge in [-0.15, -0.1) is 0 Å². The Hall–Kier alpha value is -3.08. The number of carboxylic acids is 1. The molecule has 0 fully saturated rings. The average molecular weight is 396 g/mol. The Labute approximate surface area is 170 Å². The molecule has 1 N–H and O–H groups in total. The first-order valence-corrected chi connectivity index (χ1v) is 9.62. The van der Waals surface area contributed by atoms with Crippen molar-refractivity contribution in [1.29, 1.82) is 0 Å². The summed E-state index contributed by atoms with van der Waals surface area (Å²) < 4.78 is 26.2. The Morgan fingerprint density at radius 3 is 2.52 bits per heavy atom. The van der Waals surface area contributed by atoms with Gasteiger partial charge >= 0.3 is 5.97 Å². The molecular weight excluding hydrogens is 371 g/mol. The van der Waals surface area contributed by atoms with Crippen LogP contribution in [-0.2, 0) is 4.79 Å². The van der Waals surface area contributed by atoms with E-state index in [2.05, 4.69) is 0 Å². The van der Waals surface area contributed by atoms with Crippen molar-refractivity contribution in [2.45, 2.75) is 39.7 Å². The van der Waals surface area contributed by atoms with Crippen LogP contribution in [0.25, 0.3) is 11.1 Å². The molecule has 0 radical (unpaired) electrons. The standard InChI is InChI=1S/C24H25FO4/c1-5-11-28-20-13-21-18(12-17(20)15(2)22(25)23(26)27)19(14-24(3,4)29-21)16-9-7-6-8-10-16/h6-10,12-14H,5,11H2,1-4H3,(H,26,27). The van der Waals surface area contributed by atoms with Gasteiger partial charge in [0.25, 0.3) is 0 Å². The predicted octanol–water partition coefficient (Wildman–Crippen LogP) is 5.86. The number of allylic oxidation sites excluding steroid dienone is 1. The van der Waals surface area contributed by atoms with Crippen molar-refractivity contribution in [2.24, 2.45) is 0 Å². The lowest BCUT2D eigenvalue weighted by Gasteiger charge is -2.32. The normalized spacial score (nSPS) is 15.6. The molecule has 2 aromatic rings. The van der Waals surface area contributed by atoms with Gasteiger partial charge in [-0.25, -0.2) is 4.79 Å². The molecular formula is C24H25FO4. The Bertz CT molecular complexity index is 987. The number of ether oxygens (including phenoxy) is 2. The molecule has 4 nitrogen and oxygen atoms in total. The zero-order valence-electron chi connectivity index (χ0n) is 17.1. The van der Waals surface area contributed by atoms with Gasteiger partial charge in [0.05, 0.1) is 6.61 Å². The van der Waals surface area contributed by atoms with Crippen molar-refractivity contribution in [1.82, 2.24) is 0 Å². The number of hydrogen-bond donors (Lipinski definition) is 1. The molecule has 1 heterocycles. The van der Waals surface area contributed by atoms with Gasteiger partial charge in [0.2, 0.25) is 5.83 Å². The van der Waals surface area contributed by atoms with Crippen LogP contribution in [0.3, 0.4) is 0 Å². The zero-order chi connectivity index (χ0) is 21.2. The maximum Gasteiger partial charge on any atom is 0.365 e. The van der Waals surface area contributed by atoms with Gasteiger partial charge in [-0.05, 0) is 50.5 Å². The van der Waals surface area contributed by atoms with E-state index in [0.29, 0.717) is 23.7 Å². The highest BCUT2D eigenvalue weighted by Gasteiger charge is 2.29. The van der Waals surface area contributed by atoms with Crippen molar-refractivity contribution in [2.75, 3.05) is 6.61 Å². The van der Waals surface area contributed by atoms with Crippen LogP contribution in [0.4, 0.5) is 4.39 Å². The van der Waals surface area contributed by atoms with E-state index in [4.69, 9.17) is 14.6 Å². The summed E-state index contributed by atoms with van der Waals surface area (Å²) in [7, 11) is 0. The van der Waals surface area contributed by atoms with Gasteiger partial charge in [0.15, 0.2) is 0 Å². The van der Waals surface area contributed by atoms with Crippen LogP contribution in [0.1, 0.15) is 50.8 Å². The Balaban J connectivity index is 2.25. The van der Waals surface area contributed by atoms with Crippen molar-refractivity contribution >= 4 is 17.1 Å². The van der Waals surface area contributed by atoms with Gasteiger partial charge in [-0.1, -0.05) is 37.3 Å². The van der Waals surface area contributed by atoms with Gasteiger partial charge in [0, 0.05) is 22.8 Å². The van der Waals surface area contributed by atoms with Crippen molar-refractivity contribution in [3.05, 3.63) is 71.1 Å². The first kappa shape index (κ1) is 20.6. The van der Waals surface area contributed by atoms with E-state index in [0.717, 1.165) is 23.1 Å². The van der Waals surface area contributed by atoms with Crippen LogP contribution < -0.4 is 9.47 Å². The van der Waals surface area contributed by atoms with E-state index in [1.165, 1.54) is 6.92 Å². The number of aliphatic carboxylic acids is 1. The van der Waals surface area contributed by atoms with Gasteiger partial charge < -0.3 is 14.6 Å². The smallest absolute Gasteiger partial charge is 0.365 e. The Morgan fingerprint density at radius 1 is 1.21 bits per heavy atom. The number of hydrogen-bond acceptors (Lipinski definition) is 3. The van der Waals surface area contributed by atoms with Crippen LogP contribution in [0.5, 0.6) is 11.5 Å². The van der Waals surface area contributed by atoms with Crippen LogP contribution in [-0.4, -0.2) is 23.3 Å². The quantitative estimate of drug-likeness (QED) is 0.621. The maximum absolute atomic E-state index is 14.3. The third-order valence-electron chi connectivity index (χ3n) is 4.70. The summed E-state index contributed by atoms with van der Waals surface area (Å²) in [6, 6.07) is 13.3. The summed E-state index contributed by atoms with van der Waals surface area (Å²) in [5, 5.41) is 9.11. The minimum Gasteiger partial charge on any atom is -0.493 e. The molecule has 29 heavy (non-hydrogen) atoms. The first-order chi connectivity index (χ1) is 13.7. The first-order valence-electron chi connectivity index (χ1n) is 9.62. The second-order valence-corrected chi connectivity index (χ2v) is 7.57. The molecule has 152 valence electrons. The minimum atomic E-state index is -1.60. The molecule has 1 aliphatic heterocycles. The lowest BCUT2D eigenvalue weighted by atomic mass is 9.88. The molecule has 0 aliphatic carbocycles. The highest BCUT2D eigenvalue weighted by molar-refractivity contribution is 5.95. The van der Waals surface area contributed by atoms with Gasteiger partial charge in [-0.2, -0.15) is 4.39 Å². The fraction of sp³-hybridized carbons (Fsp3) is 0.292. The number of carboxylic acid groups (broad SMARTS) is 1. The number of benzene rings is 2. The van der Waals surface area contributed by atoms with Crippen LogP contribution in [0.2, 0.25) is 0 Å². The van der Waals surface area contributed by atoms with Gasteiger partial charge in [-0.3, -0.25) is 0 Å². The fourth-order valence-corrected chi connectivity index (χ4v) is 3.35. The summed E-state index contributed by atoms with van der Waals surface area (Å²) in [5.41, 5.74) is 2.60.